The normalized spacial score (nSPS) is 23.3. The minimum atomic E-state index is 0.194. The molecule has 1 nitrogen and oxygen atoms in total. The summed E-state index contributed by atoms with van der Waals surface area (Å²) in [6, 6.07) is 4.16. The first-order valence-electron chi connectivity index (χ1n) is 10.1. The zero-order valence-corrected chi connectivity index (χ0v) is 18.5. The minimum Gasteiger partial charge on any atom is -0.486 e. The van der Waals surface area contributed by atoms with E-state index in [1.807, 2.05) is 6.92 Å². The molecule has 2 bridgehead atoms. The molecule has 0 N–H and O–H groups in total. The molecule has 150 valence electrons. The maximum absolute atomic E-state index is 5.80. The van der Waals surface area contributed by atoms with E-state index >= 15 is 0 Å². The lowest BCUT2D eigenvalue weighted by Gasteiger charge is -2.19. The van der Waals surface area contributed by atoms with Gasteiger partial charge in [-0.05, 0) is 79.7 Å². The Labute approximate surface area is 175 Å². The number of allylic oxidation sites excluding steroid dienone is 5. The molecular formula is C26H34OS. The summed E-state index contributed by atoms with van der Waals surface area (Å²) in [5.41, 5.74) is 6.19. The van der Waals surface area contributed by atoms with Crippen LogP contribution in [-0.4, -0.2) is 6.10 Å². The lowest BCUT2D eigenvalue weighted by Crippen LogP contribution is -2.06. The summed E-state index contributed by atoms with van der Waals surface area (Å²) in [5.74, 6) is 1.35. The quantitative estimate of drug-likeness (QED) is 0.369. The van der Waals surface area contributed by atoms with Gasteiger partial charge in [0.25, 0.3) is 0 Å². The van der Waals surface area contributed by atoms with Crippen LogP contribution in [0.3, 0.4) is 0 Å². The molecule has 1 aliphatic heterocycles. The van der Waals surface area contributed by atoms with Crippen molar-refractivity contribution in [3.8, 4) is 0 Å². The molecule has 2 heterocycles. The van der Waals surface area contributed by atoms with Gasteiger partial charge in [-0.15, -0.1) is 11.3 Å². The molecule has 28 heavy (non-hydrogen) atoms. The number of fused-ring (bicyclic) bond motifs is 1. The molecule has 0 aromatic carbocycles. The summed E-state index contributed by atoms with van der Waals surface area (Å²) >= 11 is 1.76. The summed E-state index contributed by atoms with van der Waals surface area (Å²) in [5, 5.41) is 2.08. The molecular weight excluding hydrogens is 360 g/mol. The second kappa shape index (κ2) is 10.5. The number of thiophene rings is 1. The lowest BCUT2D eigenvalue weighted by molar-refractivity contribution is 0.181. The smallest absolute Gasteiger partial charge is 0.121 e. The standard InChI is InChI=1S/C18H24O.C8H10S/c1-12(2)14(4)16-7-6-13(3)10-18-11-17(9-8-16)15(5)19-18;1-3-7(2)8-5-4-6-9-8/h6,11,16,18H,1,4-5,7-10H2,2-3H3;4-6H,2-3H2,1H3/b13-6+;. The van der Waals surface area contributed by atoms with Crippen molar-refractivity contribution in [3.05, 3.63) is 88.9 Å². The number of rotatable bonds is 4. The SMILES string of the molecule is C=C(C)C(=C)C1C/C=C(\C)CC2C=C(CC1)C(=C)O2.C=C(CC)c1cccs1. The number of hydrogen-bond donors (Lipinski definition) is 0. The van der Waals surface area contributed by atoms with Crippen molar-refractivity contribution in [2.75, 3.05) is 0 Å². The highest BCUT2D eigenvalue weighted by Gasteiger charge is 2.23. The number of hydrogen-bond acceptors (Lipinski definition) is 2. The molecule has 1 aromatic heterocycles. The van der Waals surface area contributed by atoms with Gasteiger partial charge in [-0.25, -0.2) is 0 Å². The van der Waals surface area contributed by atoms with Gasteiger partial charge in [-0.1, -0.05) is 56.5 Å². The molecule has 3 rings (SSSR count). The average Bonchev–Trinajstić information content (AvgIpc) is 3.31. The minimum absolute atomic E-state index is 0.194. The molecule has 0 amide bonds. The van der Waals surface area contributed by atoms with Crippen LogP contribution in [0.15, 0.2) is 84.0 Å². The monoisotopic (exact) mass is 394 g/mol. The highest BCUT2D eigenvalue weighted by Crippen LogP contribution is 2.34. The van der Waals surface area contributed by atoms with Gasteiger partial charge in [0.2, 0.25) is 0 Å². The first kappa shape index (κ1) is 22.2. The first-order chi connectivity index (χ1) is 13.3. The van der Waals surface area contributed by atoms with E-state index in [4.69, 9.17) is 4.74 Å². The second-order valence-corrected chi connectivity index (χ2v) is 8.68. The van der Waals surface area contributed by atoms with Crippen molar-refractivity contribution in [2.45, 2.75) is 59.0 Å². The maximum Gasteiger partial charge on any atom is 0.121 e. The Balaban J connectivity index is 0.000000261. The molecule has 0 saturated carbocycles. The summed E-state index contributed by atoms with van der Waals surface area (Å²) < 4.78 is 5.80. The van der Waals surface area contributed by atoms with Gasteiger partial charge < -0.3 is 4.74 Å². The van der Waals surface area contributed by atoms with Crippen LogP contribution in [-0.2, 0) is 4.74 Å². The first-order valence-corrected chi connectivity index (χ1v) is 11.0. The lowest BCUT2D eigenvalue weighted by atomic mass is 9.85. The summed E-state index contributed by atoms with van der Waals surface area (Å²) in [6.07, 6.45) is 9.97. The van der Waals surface area contributed by atoms with Gasteiger partial charge in [0.1, 0.15) is 11.9 Å². The van der Waals surface area contributed by atoms with E-state index in [1.165, 1.54) is 27.2 Å². The summed E-state index contributed by atoms with van der Waals surface area (Å²) in [6.45, 7) is 22.5. The fourth-order valence-corrected chi connectivity index (χ4v) is 4.22. The fraction of sp³-hybridized carbons (Fsp3) is 0.385. The van der Waals surface area contributed by atoms with Crippen molar-refractivity contribution in [3.63, 3.8) is 0 Å². The van der Waals surface area contributed by atoms with Crippen LogP contribution in [0.2, 0.25) is 0 Å². The Bertz CT molecular complexity index is 788. The molecule has 0 radical (unpaired) electrons. The number of ether oxygens (including phenoxy) is 1. The Morgan fingerprint density at radius 2 is 2.04 bits per heavy atom. The molecule has 1 aliphatic carbocycles. The zero-order valence-electron chi connectivity index (χ0n) is 17.7. The second-order valence-electron chi connectivity index (χ2n) is 7.74. The van der Waals surface area contributed by atoms with Crippen molar-refractivity contribution >= 4 is 16.9 Å². The largest absolute Gasteiger partial charge is 0.486 e. The molecule has 1 aromatic rings. The highest BCUT2D eigenvalue weighted by atomic mass is 32.1. The van der Waals surface area contributed by atoms with E-state index in [0.717, 1.165) is 43.4 Å². The van der Waals surface area contributed by atoms with E-state index in [-0.39, 0.29) is 6.10 Å². The van der Waals surface area contributed by atoms with Gasteiger partial charge in [0.15, 0.2) is 0 Å². The average molecular weight is 395 g/mol. The highest BCUT2D eigenvalue weighted by molar-refractivity contribution is 7.11. The van der Waals surface area contributed by atoms with E-state index in [2.05, 4.69) is 69.8 Å². The van der Waals surface area contributed by atoms with E-state index in [1.54, 1.807) is 11.3 Å². The van der Waals surface area contributed by atoms with Gasteiger partial charge in [-0.3, -0.25) is 0 Å². The predicted molar refractivity (Wildman–Crippen MR) is 125 cm³/mol. The molecule has 2 atom stereocenters. The Morgan fingerprint density at radius 3 is 2.64 bits per heavy atom. The Kier molecular flexibility index (Phi) is 8.32. The van der Waals surface area contributed by atoms with Crippen molar-refractivity contribution in [1.29, 1.82) is 0 Å². The van der Waals surface area contributed by atoms with Gasteiger partial charge in [0, 0.05) is 11.3 Å². The Hall–Kier alpha value is -2.06. The van der Waals surface area contributed by atoms with Crippen LogP contribution in [0.4, 0.5) is 0 Å². The third-order valence-corrected chi connectivity index (χ3v) is 6.38. The maximum atomic E-state index is 5.80. The van der Waals surface area contributed by atoms with Crippen molar-refractivity contribution in [2.24, 2.45) is 5.92 Å². The molecule has 2 aliphatic rings. The van der Waals surface area contributed by atoms with Crippen LogP contribution in [0.1, 0.15) is 57.8 Å². The van der Waals surface area contributed by atoms with Crippen molar-refractivity contribution in [1.82, 2.24) is 0 Å². The molecule has 2 unspecified atom stereocenters. The van der Waals surface area contributed by atoms with Crippen molar-refractivity contribution < 1.29 is 4.74 Å². The van der Waals surface area contributed by atoms with E-state index in [9.17, 15) is 0 Å². The van der Waals surface area contributed by atoms with Crippen LogP contribution in [0, 0.1) is 5.92 Å². The predicted octanol–water partition coefficient (Wildman–Crippen LogP) is 8.27. The third kappa shape index (κ3) is 6.24. The van der Waals surface area contributed by atoms with Crippen LogP contribution in [0.25, 0.3) is 5.57 Å². The van der Waals surface area contributed by atoms with E-state index in [0.29, 0.717) is 5.92 Å². The van der Waals surface area contributed by atoms with Gasteiger partial charge >= 0.3 is 0 Å². The Morgan fingerprint density at radius 1 is 1.29 bits per heavy atom. The molecule has 0 spiro atoms. The molecule has 0 saturated heterocycles. The molecule has 2 heteroatoms. The van der Waals surface area contributed by atoms with E-state index < -0.39 is 0 Å². The molecule has 0 fully saturated rings. The van der Waals surface area contributed by atoms with Crippen LogP contribution >= 0.6 is 11.3 Å². The summed E-state index contributed by atoms with van der Waals surface area (Å²) in [7, 11) is 0. The third-order valence-electron chi connectivity index (χ3n) is 5.41. The van der Waals surface area contributed by atoms with Gasteiger partial charge in [0.05, 0.1) is 0 Å². The van der Waals surface area contributed by atoms with Gasteiger partial charge in [-0.2, -0.15) is 0 Å². The zero-order chi connectivity index (χ0) is 20.7. The summed E-state index contributed by atoms with van der Waals surface area (Å²) in [4.78, 5) is 1.32. The topological polar surface area (TPSA) is 9.23 Å². The fourth-order valence-electron chi connectivity index (χ4n) is 3.44. The van der Waals surface area contributed by atoms with Crippen LogP contribution in [0.5, 0.6) is 0 Å². The van der Waals surface area contributed by atoms with Crippen LogP contribution < -0.4 is 0 Å².